The summed E-state index contributed by atoms with van der Waals surface area (Å²) in [5, 5.41) is 5.73. The second-order valence-corrected chi connectivity index (χ2v) is 6.06. The maximum Gasteiger partial charge on any atom is 0.319 e. The number of hydrogen-bond acceptors (Lipinski definition) is 3. The van der Waals surface area contributed by atoms with E-state index in [-0.39, 0.29) is 6.03 Å². The van der Waals surface area contributed by atoms with E-state index in [9.17, 15) is 4.79 Å². The summed E-state index contributed by atoms with van der Waals surface area (Å²) >= 11 is 0. The standard InChI is InChI=1S/C19H25N3O3/c23-19(20-9-4-12-25-18-7-13-24-14-8-18)21-16-5-3-6-17(15-16)22-10-1-2-11-22/h1-3,5-6,10-11,15,18H,4,7-9,12-14H2,(H2,20,21,23). The topological polar surface area (TPSA) is 64.5 Å². The van der Waals surface area contributed by atoms with E-state index in [1.807, 2.05) is 53.4 Å². The quantitative estimate of drug-likeness (QED) is 0.759. The van der Waals surface area contributed by atoms with Crippen LogP contribution >= 0.6 is 0 Å². The Bertz CT molecular complexity index is 652. The zero-order valence-electron chi connectivity index (χ0n) is 14.3. The highest BCUT2D eigenvalue weighted by atomic mass is 16.5. The van der Waals surface area contributed by atoms with Crippen molar-refractivity contribution < 1.29 is 14.3 Å². The first-order chi connectivity index (χ1) is 12.3. The molecule has 2 N–H and O–H groups in total. The number of amides is 2. The first kappa shape index (κ1) is 17.5. The van der Waals surface area contributed by atoms with Gasteiger partial charge in [0.25, 0.3) is 0 Å². The fraction of sp³-hybridized carbons (Fsp3) is 0.421. The number of nitrogens with zero attached hydrogens (tertiary/aromatic N) is 1. The van der Waals surface area contributed by atoms with Crippen LogP contribution in [-0.4, -0.2) is 43.1 Å². The number of ether oxygens (including phenoxy) is 2. The fourth-order valence-corrected chi connectivity index (χ4v) is 2.79. The maximum atomic E-state index is 12.0. The number of benzene rings is 1. The number of carbonyl (C=O) groups is 1. The molecule has 0 atom stereocenters. The minimum absolute atomic E-state index is 0.198. The SMILES string of the molecule is O=C(NCCCOC1CCOCC1)Nc1cccc(-n2cccc2)c1. The van der Waals surface area contributed by atoms with Gasteiger partial charge in [0.1, 0.15) is 0 Å². The van der Waals surface area contributed by atoms with Crippen LogP contribution in [0.4, 0.5) is 10.5 Å². The zero-order valence-corrected chi connectivity index (χ0v) is 14.3. The van der Waals surface area contributed by atoms with Crippen molar-refractivity contribution in [3.05, 3.63) is 48.8 Å². The predicted octanol–water partition coefficient (Wildman–Crippen LogP) is 3.18. The molecule has 0 radical (unpaired) electrons. The van der Waals surface area contributed by atoms with Crippen molar-refractivity contribution >= 4 is 11.7 Å². The number of urea groups is 1. The Morgan fingerprint density at radius 3 is 2.80 bits per heavy atom. The third-order valence-electron chi connectivity index (χ3n) is 4.14. The summed E-state index contributed by atoms with van der Waals surface area (Å²) < 4.78 is 13.1. The molecule has 2 heterocycles. The van der Waals surface area contributed by atoms with Gasteiger partial charge in [0.15, 0.2) is 0 Å². The largest absolute Gasteiger partial charge is 0.381 e. The third kappa shape index (κ3) is 5.62. The molecule has 1 aliphatic heterocycles. The van der Waals surface area contributed by atoms with Crippen LogP contribution in [0.3, 0.4) is 0 Å². The zero-order chi connectivity index (χ0) is 17.3. The number of hydrogen-bond donors (Lipinski definition) is 2. The summed E-state index contributed by atoms with van der Waals surface area (Å²) in [7, 11) is 0. The Morgan fingerprint density at radius 1 is 1.20 bits per heavy atom. The van der Waals surface area contributed by atoms with Crippen LogP contribution < -0.4 is 10.6 Å². The molecular weight excluding hydrogens is 318 g/mol. The average Bonchev–Trinajstić information content (AvgIpc) is 3.17. The van der Waals surface area contributed by atoms with Crippen molar-refractivity contribution in [3.8, 4) is 5.69 Å². The normalized spacial score (nSPS) is 15.0. The molecule has 0 aliphatic carbocycles. The van der Waals surface area contributed by atoms with Crippen LogP contribution in [0.15, 0.2) is 48.8 Å². The molecule has 0 saturated carbocycles. The van der Waals surface area contributed by atoms with Gasteiger partial charge in [0, 0.05) is 50.1 Å². The molecule has 1 aromatic carbocycles. The van der Waals surface area contributed by atoms with Crippen LogP contribution in [0.1, 0.15) is 19.3 Å². The summed E-state index contributed by atoms with van der Waals surface area (Å²) in [5.41, 5.74) is 1.77. The fourth-order valence-electron chi connectivity index (χ4n) is 2.79. The molecule has 2 amide bonds. The van der Waals surface area contributed by atoms with Gasteiger partial charge in [-0.2, -0.15) is 0 Å². The smallest absolute Gasteiger partial charge is 0.319 e. The lowest BCUT2D eigenvalue weighted by atomic mass is 10.1. The molecule has 1 aliphatic rings. The van der Waals surface area contributed by atoms with Gasteiger partial charge in [-0.15, -0.1) is 0 Å². The van der Waals surface area contributed by atoms with E-state index in [4.69, 9.17) is 9.47 Å². The number of aromatic nitrogens is 1. The van der Waals surface area contributed by atoms with Crippen molar-refractivity contribution in [3.63, 3.8) is 0 Å². The van der Waals surface area contributed by atoms with E-state index < -0.39 is 0 Å². The lowest BCUT2D eigenvalue weighted by Gasteiger charge is -2.22. The van der Waals surface area contributed by atoms with E-state index in [2.05, 4.69) is 10.6 Å². The maximum absolute atomic E-state index is 12.0. The molecule has 3 rings (SSSR count). The summed E-state index contributed by atoms with van der Waals surface area (Å²) in [6.07, 6.45) is 6.97. The van der Waals surface area contributed by atoms with Crippen LogP contribution in [0.25, 0.3) is 5.69 Å². The Hall–Kier alpha value is -2.31. The Morgan fingerprint density at radius 2 is 2.00 bits per heavy atom. The summed E-state index contributed by atoms with van der Waals surface area (Å²) in [6, 6.07) is 11.5. The second kappa shape index (κ2) is 9.25. The highest BCUT2D eigenvalue weighted by molar-refractivity contribution is 5.89. The Balaban J connectivity index is 1.35. The predicted molar refractivity (Wildman–Crippen MR) is 97.2 cm³/mol. The van der Waals surface area contributed by atoms with Gasteiger partial charge in [-0.05, 0) is 49.6 Å². The van der Waals surface area contributed by atoms with Crippen molar-refractivity contribution in [2.75, 3.05) is 31.7 Å². The first-order valence-electron chi connectivity index (χ1n) is 8.79. The van der Waals surface area contributed by atoms with Gasteiger partial charge in [-0.25, -0.2) is 4.79 Å². The summed E-state index contributed by atoms with van der Waals surface area (Å²) in [6.45, 7) is 2.82. The van der Waals surface area contributed by atoms with E-state index in [1.165, 1.54) is 0 Å². The van der Waals surface area contributed by atoms with Gasteiger partial charge in [-0.3, -0.25) is 0 Å². The van der Waals surface area contributed by atoms with E-state index in [0.29, 0.717) is 19.3 Å². The van der Waals surface area contributed by atoms with Crippen LogP contribution in [0.2, 0.25) is 0 Å². The number of nitrogens with one attached hydrogen (secondary N) is 2. The van der Waals surface area contributed by atoms with Gasteiger partial charge in [0.2, 0.25) is 0 Å². The molecule has 2 aromatic rings. The third-order valence-corrected chi connectivity index (χ3v) is 4.14. The molecule has 25 heavy (non-hydrogen) atoms. The molecule has 1 aromatic heterocycles. The van der Waals surface area contributed by atoms with Crippen molar-refractivity contribution in [1.82, 2.24) is 9.88 Å². The molecule has 1 fully saturated rings. The lowest BCUT2D eigenvalue weighted by Crippen LogP contribution is -2.30. The summed E-state index contributed by atoms with van der Waals surface area (Å²) in [4.78, 5) is 12.0. The molecule has 134 valence electrons. The van der Waals surface area contributed by atoms with Crippen molar-refractivity contribution in [2.45, 2.75) is 25.4 Å². The van der Waals surface area contributed by atoms with Gasteiger partial charge >= 0.3 is 6.03 Å². The monoisotopic (exact) mass is 343 g/mol. The van der Waals surface area contributed by atoms with Crippen molar-refractivity contribution in [2.24, 2.45) is 0 Å². The number of anilines is 1. The van der Waals surface area contributed by atoms with Crippen LogP contribution in [0, 0.1) is 0 Å². The van der Waals surface area contributed by atoms with Crippen molar-refractivity contribution in [1.29, 1.82) is 0 Å². The minimum atomic E-state index is -0.198. The molecule has 0 spiro atoms. The number of rotatable bonds is 7. The van der Waals surface area contributed by atoms with Crippen LogP contribution in [-0.2, 0) is 9.47 Å². The molecular formula is C19H25N3O3. The second-order valence-electron chi connectivity index (χ2n) is 6.06. The molecule has 6 heteroatoms. The Kier molecular flexibility index (Phi) is 6.48. The highest BCUT2D eigenvalue weighted by Crippen LogP contribution is 2.14. The van der Waals surface area contributed by atoms with Crippen LogP contribution in [0.5, 0.6) is 0 Å². The van der Waals surface area contributed by atoms with Gasteiger partial charge < -0.3 is 24.7 Å². The number of carbonyl (C=O) groups excluding carboxylic acids is 1. The van der Waals surface area contributed by atoms with Gasteiger partial charge in [0.05, 0.1) is 6.10 Å². The molecule has 0 unspecified atom stereocenters. The average molecular weight is 343 g/mol. The first-order valence-corrected chi connectivity index (χ1v) is 8.79. The minimum Gasteiger partial charge on any atom is -0.381 e. The highest BCUT2D eigenvalue weighted by Gasteiger charge is 2.13. The van der Waals surface area contributed by atoms with Gasteiger partial charge in [-0.1, -0.05) is 6.07 Å². The molecule has 0 bridgehead atoms. The van der Waals surface area contributed by atoms with E-state index >= 15 is 0 Å². The lowest BCUT2D eigenvalue weighted by molar-refractivity contribution is -0.0320. The van der Waals surface area contributed by atoms with E-state index in [0.717, 1.165) is 43.9 Å². The molecule has 6 nitrogen and oxygen atoms in total. The molecule has 1 saturated heterocycles. The Labute approximate surface area is 148 Å². The summed E-state index contributed by atoms with van der Waals surface area (Å²) in [5.74, 6) is 0. The van der Waals surface area contributed by atoms with E-state index in [1.54, 1.807) is 0 Å².